The molecule has 18 heavy (non-hydrogen) atoms. The number of halogens is 1. The third-order valence-corrected chi connectivity index (χ3v) is 2.41. The zero-order valence-corrected chi connectivity index (χ0v) is 11.0. The molecule has 0 fully saturated rings. The van der Waals surface area contributed by atoms with Gasteiger partial charge in [-0.25, -0.2) is 4.79 Å². The lowest BCUT2D eigenvalue weighted by molar-refractivity contribution is -0.122. The molecule has 0 aromatic heterocycles. The first kappa shape index (κ1) is 14.3. The summed E-state index contributed by atoms with van der Waals surface area (Å²) in [4.78, 5) is 23.0. The zero-order chi connectivity index (χ0) is 13.5. The van der Waals surface area contributed by atoms with E-state index in [1.807, 2.05) is 6.92 Å². The molecule has 98 valence electrons. The number of benzene rings is 1. The van der Waals surface area contributed by atoms with Gasteiger partial charge >= 0.3 is 6.03 Å². The van der Waals surface area contributed by atoms with Gasteiger partial charge in [0.15, 0.2) is 0 Å². The molecule has 1 atom stereocenters. The molecule has 0 radical (unpaired) electrons. The normalized spacial score (nSPS) is 11.5. The molecule has 3 amide bonds. The molecule has 1 rings (SSSR count). The van der Waals surface area contributed by atoms with E-state index in [4.69, 9.17) is 11.6 Å². The van der Waals surface area contributed by atoms with Crippen LogP contribution in [-0.2, 0) is 4.79 Å². The maximum atomic E-state index is 11.6. The Labute approximate surface area is 111 Å². The van der Waals surface area contributed by atoms with Crippen molar-refractivity contribution in [3.05, 3.63) is 29.3 Å². The molecule has 0 saturated heterocycles. The summed E-state index contributed by atoms with van der Waals surface area (Å²) < 4.78 is 0. The molecule has 0 spiro atoms. The number of nitrogens with one attached hydrogen (secondary N) is 3. The van der Waals surface area contributed by atoms with Gasteiger partial charge in [0.2, 0.25) is 5.91 Å². The molecule has 0 bridgehead atoms. The topological polar surface area (TPSA) is 70.2 Å². The van der Waals surface area contributed by atoms with E-state index < -0.39 is 12.1 Å². The van der Waals surface area contributed by atoms with Crippen molar-refractivity contribution in [2.45, 2.75) is 19.9 Å². The van der Waals surface area contributed by atoms with Crippen LogP contribution in [0.2, 0.25) is 5.02 Å². The minimum absolute atomic E-state index is 0.223. The lowest BCUT2D eigenvalue weighted by Crippen LogP contribution is -2.46. The molecule has 1 aromatic carbocycles. The van der Waals surface area contributed by atoms with Gasteiger partial charge in [-0.3, -0.25) is 4.79 Å². The van der Waals surface area contributed by atoms with Crippen LogP contribution < -0.4 is 16.0 Å². The van der Waals surface area contributed by atoms with Crippen molar-refractivity contribution in [2.75, 3.05) is 11.9 Å². The molecule has 5 nitrogen and oxygen atoms in total. The van der Waals surface area contributed by atoms with E-state index in [2.05, 4.69) is 16.0 Å². The van der Waals surface area contributed by atoms with Gasteiger partial charge < -0.3 is 16.0 Å². The van der Waals surface area contributed by atoms with Gasteiger partial charge in [-0.15, -0.1) is 0 Å². The molecular weight excluding hydrogens is 254 g/mol. The molecule has 0 saturated carbocycles. The summed E-state index contributed by atoms with van der Waals surface area (Å²) in [6.45, 7) is 3.96. The molecular formula is C12H16ClN3O2. The van der Waals surface area contributed by atoms with Crippen LogP contribution in [0.5, 0.6) is 0 Å². The van der Waals surface area contributed by atoms with Gasteiger partial charge in [-0.1, -0.05) is 17.7 Å². The van der Waals surface area contributed by atoms with E-state index in [1.165, 1.54) is 0 Å². The van der Waals surface area contributed by atoms with E-state index in [1.54, 1.807) is 31.2 Å². The molecule has 0 aliphatic heterocycles. The summed E-state index contributed by atoms with van der Waals surface area (Å²) >= 11 is 5.79. The Hall–Kier alpha value is -1.75. The third-order valence-electron chi connectivity index (χ3n) is 2.17. The van der Waals surface area contributed by atoms with Crippen LogP contribution in [-0.4, -0.2) is 24.5 Å². The number of likely N-dealkylation sites (N-methyl/N-ethyl adjacent to an activating group) is 1. The Kier molecular flexibility index (Phi) is 5.45. The van der Waals surface area contributed by atoms with E-state index in [0.29, 0.717) is 17.3 Å². The Balaban J connectivity index is 2.49. The second-order valence-electron chi connectivity index (χ2n) is 3.73. The average Bonchev–Trinajstić information content (AvgIpc) is 2.28. The minimum atomic E-state index is -0.593. The Morgan fingerprint density at radius 3 is 2.72 bits per heavy atom. The van der Waals surface area contributed by atoms with Crippen molar-refractivity contribution in [1.29, 1.82) is 0 Å². The summed E-state index contributed by atoms with van der Waals surface area (Å²) in [5, 5.41) is 8.28. The van der Waals surface area contributed by atoms with Crippen LogP contribution in [0.1, 0.15) is 13.8 Å². The summed E-state index contributed by atoms with van der Waals surface area (Å²) in [5.74, 6) is -0.223. The third kappa shape index (κ3) is 4.63. The lowest BCUT2D eigenvalue weighted by atomic mass is 10.3. The number of amides is 3. The Morgan fingerprint density at radius 2 is 2.11 bits per heavy atom. The number of anilines is 1. The van der Waals surface area contributed by atoms with Crippen molar-refractivity contribution in [1.82, 2.24) is 10.6 Å². The smallest absolute Gasteiger partial charge is 0.319 e. The molecule has 0 heterocycles. The van der Waals surface area contributed by atoms with Gasteiger partial charge in [-0.05, 0) is 32.0 Å². The van der Waals surface area contributed by atoms with Gasteiger partial charge in [0, 0.05) is 17.3 Å². The monoisotopic (exact) mass is 269 g/mol. The number of hydrogen-bond acceptors (Lipinski definition) is 2. The highest BCUT2D eigenvalue weighted by molar-refractivity contribution is 6.30. The minimum Gasteiger partial charge on any atom is -0.355 e. The zero-order valence-electron chi connectivity index (χ0n) is 10.3. The van der Waals surface area contributed by atoms with E-state index in [9.17, 15) is 9.59 Å². The fourth-order valence-corrected chi connectivity index (χ4v) is 1.51. The van der Waals surface area contributed by atoms with E-state index in [-0.39, 0.29) is 5.91 Å². The number of rotatable bonds is 4. The summed E-state index contributed by atoms with van der Waals surface area (Å²) in [6.07, 6.45) is 0. The molecule has 0 aliphatic carbocycles. The number of urea groups is 1. The van der Waals surface area contributed by atoms with Crippen molar-refractivity contribution in [3.63, 3.8) is 0 Å². The summed E-state index contributed by atoms with van der Waals surface area (Å²) in [7, 11) is 0. The first-order valence-corrected chi connectivity index (χ1v) is 6.01. The molecule has 6 heteroatoms. The predicted molar refractivity (Wildman–Crippen MR) is 71.8 cm³/mol. The molecule has 0 unspecified atom stereocenters. The van der Waals surface area contributed by atoms with Crippen molar-refractivity contribution in [3.8, 4) is 0 Å². The number of carbonyl (C=O) groups is 2. The first-order valence-electron chi connectivity index (χ1n) is 5.63. The van der Waals surface area contributed by atoms with Crippen molar-refractivity contribution in [2.24, 2.45) is 0 Å². The van der Waals surface area contributed by atoms with Crippen LogP contribution in [0.3, 0.4) is 0 Å². The van der Waals surface area contributed by atoms with Crippen molar-refractivity contribution < 1.29 is 9.59 Å². The maximum Gasteiger partial charge on any atom is 0.319 e. The van der Waals surface area contributed by atoms with E-state index >= 15 is 0 Å². The fourth-order valence-electron chi connectivity index (χ4n) is 1.32. The standard InChI is InChI=1S/C12H16ClN3O2/c1-3-14-11(17)8(2)15-12(18)16-10-6-4-5-9(13)7-10/h4-8H,3H2,1-2H3,(H,14,17)(H2,15,16,18)/t8-/m0/s1. The highest BCUT2D eigenvalue weighted by atomic mass is 35.5. The van der Waals surface area contributed by atoms with Crippen LogP contribution in [0.4, 0.5) is 10.5 Å². The van der Waals surface area contributed by atoms with Crippen LogP contribution in [0.25, 0.3) is 0 Å². The second kappa shape index (κ2) is 6.86. The lowest BCUT2D eigenvalue weighted by Gasteiger charge is -2.14. The average molecular weight is 270 g/mol. The van der Waals surface area contributed by atoms with Crippen molar-refractivity contribution >= 4 is 29.2 Å². The molecule has 1 aromatic rings. The van der Waals surface area contributed by atoms with E-state index in [0.717, 1.165) is 0 Å². The number of carbonyl (C=O) groups excluding carboxylic acids is 2. The Bertz CT molecular complexity index is 437. The van der Waals surface area contributed by atoms with Crippen LogP contribution >= 0.6 is 11.6 Å². The first-order chi connectivity index (χ1) is 8.52. The highest BCUT2D eigenvalue weighted by Crippen LogP contribution is 2.14. The van der Waals surface area contributed by atoms with Gasteiger partial charge in [0.05, 0.1) is 0 Å². The van der Waals surface area contributed by atoms with Gasteiger partial charge in [0.25, 0.3) is 0 Å². The summed E-state index contributed by atoms with van der Waals surface area (Å²) in [6, 6.07) is 5.73. The number of hydrogen-bond donors (Lipinski definition) is 3. The molecule has 3 N–H and O–H groups in total. The van der Waals surface area contributed by atoms with Crippen LogP contribution in [0.15, 0.2) is 24.3 Å². The second-order valence-corrected chi connectivity index (χ2v) is 4.16. The van der Waals surface area contributed by atoms with Crippen LogP contribution in [0, 0.1) is 0 Å². The quantitative estimate of drug-likeness (QED) is 0.782. The summed E-state index contributed by atoms with van der Waals surface area (Å²) in [5.41, 5.74) is 0.572. The van der Waals surface area contributed by atoms with Gasteiger partial charge in [-0.2, -0.15) is 0 Å². The molecule has 0 aliphatic rings. The predicted octanol–water partition coefficient (Wildman–Crippen LogP) is 1.99. The SMILES string of the molecule is CCNC(=O)[C@H](C)NC(=O)Nc1cccc(Cl)c1. The highest BCUT2D eigenvalue weighted by Gasteiger charge is 2.14. The van der Waals surface area contributed by atoms with Gasteiger partial charge in [0.1, 0.15) is 6.04 Å². The largest absolute Gasteiger partial charge is 0.355 e. The maximum absolute atomic E-state index is 11.6. The Morgan fingerprint density at radius 1 is 1.39 bits per heavy atom. The fraction of sp³-hybridized carbons (Fsp3) is 0.333.